The Balaban J connectivity index is 1.53. The third-order valence-corrected chi connectivity index (χ3v) is 3.78. The van der Waals surface area contributed by atoms with Gasteiger partial charge in [0.1, 0.15) is 5.75 Å². The molecule has 0 saturated heterocycles. The van der Waals surface area contributed by atoms with Gasteiger partial charge in [-0.15, -0.1) is 10.2 Å². The molecular weight excluding hydrogens is 328 g/mol. The Kier molecular flexibility index (Phi) is 5.68. The summed E-state index contributed by atoms with van der Waals surface area (Å²) in [5.74, 6) is 2.42. The van der Waals surface area contributed by atoms with Crippen molar-refractivity contribution in [1.82, 2.24) is 25.2 Å². The highest BCUT2D eigenvalue weighted by Crippen LogP contribution is 2.13. The van der Waals surface area contributed by atoms with Gasteiger partial charge in [-0.2, -0.15) is 0 Å². The van der Waals surface area contributed by atoms with Gasteiger partial charge in [-0.1, -0.05) is 18.2 Å². The zero-order chi connectivity index (χ0) is 18.4. The van der Waals surface area contributed by atoms with Crippen molar-refractivity contribution in [2.45, 2.75) is 33.0 Å². The number of hydrogen-bond donors (Lipinski definition) is 2. The van der Waals surface area contributed by atoms with E-state index in [0.29, 0.717) is 19.0 Å². The monoisotopic (exact) mass is 352 g/mol. The molecule has 0 fully saturated rings. The van der Waals surface area contributed by atoms with Gasteiger partial charge in [-0.05, 0) is 43.7 Å². The summed E-state index contributed by atoms with van der Waals surface area (Å²) in [6.45, 7) is 5.24. The van der Waals surface area contributed by atoms with Gasteiger partial charge >= 0.3 is 0 Å². The predicted molar refractivity (Wildman–Crippen MR) is 102 cm³/mol. The molecule has 0 saturated carbocycles. The second-order valence-corrected chi connectivity index (χ2v) is 6.13. The Bertz CT molecular complexity index is 869. The number of rotatable bonds is 6. The minimum Gasteiger partial charge on any atom is -0.491 e. The molecule has 0 unspecified atom stereocenters. The molecule has 0 atom stereocenters. The SMILES string of the molecule is CN=C(NCc1ccc(OC(C)C)cc1)NCc1nnc2ccccn12. The Labute approximate surface area is 153 Å². The molecule has 26 heavy (non-hydrogen) atoms. The van der Waals surface area contributed by atoms with E-state index in [-0.39, 0.29) is 6.10 Å². The van der Waals surface area contributed by atoms with E-state index in [1.165, 1.54) is 0 Å². The highest BCUT2D eigenvalue weighted by molar-refractivity contribution is 5.79. The Morgan fingerprint density at radius 3 is 2.58 bits per heavy atom. The number of ether oxygens (including phenoxy) is 1. The zero-order valence-corrected chi connectivity index (χ0v) is 15.3. The lowest BCUT2D eigenvalue weighted by Gasteiger charge is -2.12. The molecule has 0 amide bonds. The third-order valence-electron chi connectivity index (χ3n) is 3.78. The van der Waals surface area contributed by atoms with Gasteiger partial charge in [0.2, 0.25) is 0 Å². The van der Waals surface area contributed by atoms with E-state index in [2.05, 4.69) is 25.8 Å². The maximum Gasteiger partial charge on any atom is 0.191 e. The molecule has 3 aromatic rings. The second-order valence-electron chi connectivity index (χ2n) is 6.13. The van der Waals surface area contributed by atoms with E-state index >= 15 is 0 Å². The fourth-order valence-corrected chi connectivity index (χ4v) is 2.54. The van der Waals surface area contributed by atoms with E-state index < -0.39 is 0 Å². The maximum absolute atomic E-state index is 5.66. The fraction of sp³-hybridized carbons (Fsp3) is 0.316. The first-order valence-corrected chi connectivity index (χ1v) is 8.64. The molecule has 0 aliphatic heterocycles. The Morgan fingerprint density at radius 2 is 1.85 bits per heavy atom. The van der Waals surface area contributed by atoms with E-state index in [9.17, 15) is 0 Å². The van der Waals surface area contributed by atoms with Crippen molar-refractivity contribution in [3.63, 3.8) is 0 Å². The third kappa shape index (κ3) is 4.50. The van der Waals surface area contributed by atoms with Crippen LogP contribution in [0, 0.1) is 0 Å². The van der Waals surface area contributed by atoms with Crippen molar-refractivity contribution in [3.05, 3.63) is 60.0 Å². The topological polar surface area (TPSA) is 75.8 Å². The van der Waals surface area contributed by atoms with Gasteiger partial charge in [0.25, 0.3) is 0 Å². The molecule has 1 aromatic carbocycles. The summed E-state index contributed by atoms with van der Waals surface area (Å²) >= 11 is 0. The number of nitrogens with zero attached hydrogens (tertiary/aromatic N) is 4. The van der Waals surface area contributed by atoms with Crippen molar-refractivity contribution in [2.75, 3.05) is 7.05 Å². The zero-order valence-electron chi connectivity index (χ0n) is 15.3. The van der Waals surface area contributed by atoms with Gasteiger partial charge in [-0.3, -0.25) is 9.39 Å². The van der Waals surface area contributed by atoms with Crippen LogP contribution in [0.5, 0.6) is 5.75 Å². The van der Waals surface area contributed by atoms with Crippen molar-refractivity contribution in [3.8, 4) is 5.75 Å². The first-order valence-electron chi connectivity index (χ1n) is 8.64. The van der Waals surface area contributed by atoms with Crippen LogP contribution in [0.15, 0.2) is 53.7 Å². The smallest absolute Gasteiger partial charge is 0.191 e. The highest BCUT2D eigenvalue weighted by atomic mass is 16.5. The molecule has 2 aromatic heterocycles. The number of hydrogen-bond acceptors (Lipinski definition) is 4. The van der Waals surface area contributed by atoms with E-state index in [1.54, 1.807) is 7.05 Å². The first kappa shape index (κ1) is 17.7. The number of pyridine rings is 1. The highest BCUT2D eigenvalue weighted by Gasteiger charge is 2.06. The number of aromatic nitrogens is 3. The standard InChI is InChI=1S/C19H24N6O/c1-14(2)26-16-9-7-15(8-10-16)12-21-19(20-3)22-13-18-24-23-17-6-4-5-11-25(17)18/h4-11,14H,12-13H2,1-3H3,(H2,20,21,22). The lowest BCUT2D eigenvalue weighted by atomic mass is 10.2. The molecule has 3 rings (SSSR count). The summed E-state index contributed by atoms with van der Waals surface area (Å²) in [6.07, 6.45) is 2.12. The number of nitrogens with one attached hydrogen (secondary N) is 2. The van der Waals surface area contributed by atoms with E-state index in [4.69, 9.17) is 4.74 Å². The van der Waals surface area contributed by atoms with Crippen molar-refractivity contribution in [2.24, 2.45) is 4.99 Å². The lowest BCUT2D eigenvalue weighted by molar-refractivity contribution is 0.242. The van der Waals surface area contributed by atoms with Crippen molar-refractivity contribution < 1.29 is 4.74 Å². The predicted octanol–water partition coefficient (Wildman–Crippen LogP) is 2.38. The van der Waals surface area contributed by atoms with Gasteiger partial charge in [-0.25, -0.2) is 0 Å². The van der Waals surface area contributed by atoms with Crippen molar-refractivity contribution in [1.29, 1.82) is 0 Å². The van der Waals surface area contributed by atoms with Gasteiger partial charge in [0, 0.05) is 19.8 Å². The molecule has 0 aliphatic carbocycles. The molecule has 136 valence electrons. The van der Waals surface area contributed by atoms with Gasteiger partial charge in [0.05, 0.1) is 12.6 Å². The summed E-state index contributed by atoms with van der Waals surface area (Å²) in [4.78, 5) is 4.25. The quantitative estimate of drug-likeness (QED) is 0.526. The minimum atomic E-state index is 0.176. The van der Waals surface area contributed by atoms with Crippen LogP contribution >= 0.6 is 0 Å². The summed E-state index contributed by atoms with van der Waals surface area (Å²) in [5.41, 5.74) is 1.98. The minimum absolute atomic E-state index is 0.176. The summed E-state index contributed by atoms with van der Waals surface area (Å²) in [5, 5.41) is 14.9. The van der Waals surface area contributed by atoms with Crippen LogP contribution in [0.1, 0.15) is 25.2 Å². The van der Waals surface area contributed by atoms with Gasteiger partial charge < -0.3 is 15.4 Å². The van der Waals surface area contributed by atoms with Gasteiger partial charge in [0.15, 0.2) is 17.4 Å². The fourth-order valence-electron chi connectivity index (χ4n) is 2.54. The number of guanidine groups is 1. The molecule has 0 spiro atoms. The summed E-state index contributed by atoms with van der Waals surface area (Å²) in [7, 11) is 1.75. The first-order chi connectivity index (χ1) is 12.7. The van der Waals surface area contributed by atoms with Crippen LogP contribution in [0.2, 0.25) is 0 Å². The van der Waals surface area contributed by atoms with Crippen LogP contribution in [0.25, 0.3) is 5.65 Å². The summed E-state index contributed by atoms with van der Waals surface area (Å²) in [6, 6.07) is 13.9. The maximum atomic E-state index is 5.66. The normalized spacial score (nSPS) is 11.8. The van der Waals surface area contributed by atoms with E-state index in [0.717, 1.165) is 22.8 Å². The van der Waals surface area contributed by atoms with Crippen LogP contribution < -0.4 is 15.4 Å². The molecule has 2 N–H and O–H groups in total. The average molecular weight is 352 g/mol. The number of fused-ring (bicyclic) bond motifs is 1. The molecule has 0 aliphatic rings. The Morgan fingerprint density at radius 1 is 1.08 bits per heavy atom. The number of aliphatic imine (C=N–C) groups is 1. The van der Waals surface area contributed by atoms with Crippen LogP contribution in [0.4, 0.5) is 0 Å². The second kappa shape index (κ2) is 8.33. The van der Waals surface area contributed by atoms with Crippen LogP contribution in [-0.4, -0.2) is 33.7 Å². The molecule has 7 nitrogen and oxygen atoms in total. The molecule has 0 bridgehead atoms. The van der Waals surface area contributed by atoms with Crippen LogP contribution in [-0.2, 0) is 13.1 Å². The Hall–Kier alpha value is -3.09. The lowest BCUT2D eigenvalue weighted by Crippen LogP contribution is -2.36. The molecule has 0 radical (unpaired) electrons. The average Bonchev–Trinajstić information content (AvgIpc) is 3.06. The molecule has 7 heteroatoms. The number of benzene rings is 1. The summed E-state index contributed by atoms with van der Waals surface area (Å²) < 4.78 is 7.61. The van der Waals surface area contributed by atoms with Crippen LogP contribution in [0.3, 0.4) is 0 Å². The largest absolute Gasteiger partial charge is 0.491 e. The molecule has 2 heterocycles. The molecular formula is C19H24N6O. The van der Waals surface area contributed by atoms with E-state index in [1.807, 2.05) is 66.9 Å². The van der Waals surface area contributed by atoms with Crippen molar-refractivity contribution >= 4 is 11.6 Å².